The molecule has 1 saturated carbocycles. The van der Waals surface area contributed by atoms with E-state index in [-0.39, 0.29) is 28.1 Å². The smallest absolute Gasteiger partial charge is 0.339 e. The molecule has 0 bridgehead atoms. The number of hydrogen-bond donors (Lipinski definition) is 0. The summed E-state index contributed by atoms with van der Waals surface area (Å²) in [5, 5.41) is 0. The zero-order valence-electron chi connectivity index (χ0n) is 16.4. The molecule has 0 heterocycles. The van der Waals surface area contributed by atoms with E-state index in [0.29, 0.717) is 5.56 Å². The van der Waals surface area contributed by atoms with Gasteiger partial charge in [0.2, 0.25) is 10.0 Å². The van der Waals surface area contributed by atoms with E-state index in [1.807, 2.05) is 0 Å². The van der Waals surface area contributed by atoms with Crippen LogP contribution in [0.4, 0.5) is 4.39 Å². The third-order valence-corrected chi connectivity index (χ3v) is 8.02. The van der Waals surface area contributed by atoms with Gasteiger partial charge in [0.15, 0.2) is 0 Å². The topological polar surface area (TPSA) is 80.8 Å². The molecule has 1 aliphatic carbocycles. The third-order valence-electron chi connectivity index (χ3n) is 4.85. The first-order chi connectivity index (χ1) is 14.8. The van der Waals surface area contributed by atoms with Crippen LogP contribution in [0.5, 0.6) is 5.75 Å². The SMILES string of the molecule is O=S(=O)(Oc1cccc(CN(C2CC2)S(=O)(=O)c2ccccc2)c1)c1ccc(F)cc1. The summed E-state index contributed by atoms with van der Waals surface area (Å²) < 4.78 is 70.8. The Morgan fingerprint density at radius 3 is 2.16 bits per heavy atom. The van der Waals surface area contributed by atoms with Crippen molar-refractivity contribution in [1.82, 2.24) is 4.31 Å². The monoisotopic (exact) mass is 461 g/mol. The van der Waals surface area contributed by atoms with Gasteiger partial charge in [-0.15, -0.1) is 0 Å². The average Bonchev–Trinajstić information content (AvgIpc) is 3.58. The molecule has 31 heavy (non-hydrogen) atoms. The highest BCUT2D eigenvalue weighted by atomic mass is 32.2. The first-order valence-electron chi connectivity index (χ1n) is 9.62. The molecule has 3 aromatic rings. The molecule has 0 amide bonds. The number of benzene rings is 3. The van der Waals surface area contributed by atoms with Crippen molar-refractivity contribution >= 4 is 20.1 Å². The lowest BCUT2D eigenvalue weighted by Crippen LogP contribution is -2.32. The van der Waals surface area contributed by atoms with Gasteiger partial charge in [-0.2, -0.15) is 12.7 Å². The van der Waals surface area contributed by atoms with Crippen molar-refractivity contribution in [2.24, 2.45) is 0 Å². The summed E-state index contributed by atoms with van der Waals surface area (Å²) >= 11 is 0. The van der Waals surface area contributed by atoms with E-state index in [4.69, 9.17) is 4.18 Å². The molecule has 9 heteroatoms. The molecular weight excluding hydrogens is 441 g/mol. The van der Waals surface area contributed by atoms with Gasteiger partial charge >= 0.3 is 10.1 Å². The Labute approximate surface area is 181 Å². The molecular formula is C22H20FNO5S2. The van der Waals surface area contributed by atoms with Gasteiger partial charge in [-0.1, -0.05) is 30.3 Å². The van der Waals surface area contributed by atoms with Crippen molar-refractivity contribution in [2.45, 2.75) is 35.2 Å². The maximum atomic E-state index is 13.1. The zero-order valence-corrected chi connectivity index (χ0v) is 18.0. The lowest BCUT2D eigenvalue weighted by atomic mass is 10.2. The molecule has 0 aromatic heterocycles. The second-order valence-corrected chi connectivity index (χ2v) is 10.7. The fraction of sp³-hybridized carbons (Fsp3) is 0.182. The molecule has 0 saturated heterocycles. The summed E-state index contributed by atoms with van der Waals surface area (Å²) in [6.45, 7) is 0.0929. The Morgan fingerprint density at radius 2 is 1.52 bits per heavy atom. The minimum atomic E-state index is -4.15. The number of hydrogen-bond acceptors (Lipinski definition) is 5. The van der Waals surface area contributed by atoms with Crippen LogP contribution in [-0.2, 0) is 26.7 Å². The Balaban J connectivity index is 1.57. The van der Waals surface area contributed by atoms with Gasteiger partial charge in [0.1, 0.15) is 16.5 Å². The maximum absolute atomic E-state index is 13.1. The summed E-state index contributed by atoms with van der Waals surface area (Å²) in [7, 11) is -7.84. The molecule has 0 atom stereocenters. The Kier molecular flexibility index (Phi) is 5.83. The number of rotatable bonds is 8. The quantitative estimate of drug-likeness (QED) is 0.475. The minimum Gasteiger partial charge on any atom is -0.379 e. The van der Waals surface area contributed by atoms with Gasteiger partial charge in [-0.05, 0) is 66.9 Å². The van der Waals surface area contributed by atoms with Crippen LogP contribution in [0.15, 0.2) is 88.7 Å². The molecule has 0 radical (unpaired) electrons. The summed E-state index contributed by atoms with van der Waals surface area (Å²) in [5.74, 6) is -0.504. The van der Waals surface area contributed by atoms with E-state index in [0.717, 1.165) is 37.1 Å². The van der Waals surface area contributed by atoms with Gasteiger partial charge < -0.3 is 4.18 Å². The second kappa shape index (κ2) is 8.41. The van der Waals surface area contributed by atoms with Gasteiger partial charge in [0, 0.05) is 12.6 Å². The van der Waals surface area contributed by atoms with E-state index in [9.17, 15) is 21.2 Å². The van der Waals surface area contributed by atoms with Crippen LogP contribution in [-0.4, -0.2) is 27.2 Å². The molecule has 3 aromatic carbocycles. The molecule has 4 rings (SSSR count). The summed E-state index contributed by atoms with van der Waals surface area (Å²) in [4.78, 5) is 0.0405. The fourth-order valence-electron chi connectivity index (χ4n) is 3.15. The first-order valence-corrected chi connectivity index (χ1v) is 12.5. The van der Waals surface area contributed by atoms with E-state index in [1.54, 1.807) is 42.5 Å². The summed E-state index contributed by atoms with van der Waals surface area (Å²) in [6, 6.07) is 18.7. The number of nitrogens with zero attached hydrogens (tertiary/aromatic N) is 1. The molecule has 0 N–H and O–H groups in total. The predicted molar refractivity (Wildman–Crippen MR) is 113 cm³/mol. The minimum absolute atomic E-state index is 0.0506. The van der Waals surface area contributed by atoms with Crippen molar-refractivity contribution in [3.63, 3.8) is 0 Å². The lowest BCUT2D eigenvalue weighted by Gasteiger charge is -2.22. The molecule has 1 aliphatic rings. The molecule has 6 nitrogen and oxygen atoms in total. The predicted octanol–water partition coefficient (Wildman–Crippen LogP) is 3.95. The van der Waals surface area contributed by atoms with Crippen LogP contribution < -0.4 is 4.18 Å². The molecule has 0 unspecified atom stereocenters. The summed E-state index contributed by atoms with van der Waals surface area (Å²) in [5.41, 5.74) is 0.596. The van der Waals surface area contributed by atoms with Crippen LogP contribution in [0.1, 0.15) is 18.4 Å². The second-order valence-electron chi connectivity index (χ2n) is 7.23. The average molecular weight is 462 g/mol. The normalized spacial score (nSPS) is 14.5. The van der Waals surface area contributed by atoms with Gasteiger partial charge in [-0.3, -0.25) is 0 Å². The molecule has 0 aliphatic heterocycles. The standard InChI is InChI=1S/C22H20FNO5S2/c23-18-9-13-22(14-10-18)31(27,28)29-20-6-4-5-17(15-20)16-24(19-11-12-19)30(25,26)21-7-2-1-3-8-21/h1-10,13-15,19H,11-12,16H2. The van der Waals surface area contributed by atoms with Crippen molar-refractivity contribution < 1.29 is 25.4 Å². The highest BCUT2D eigenvalue weighted by Crippen LogP contribution is 2.34. The van der Waals surface area contributed by atoms with Crippen molar-refractivity contribution in [1.29, 1.82) is 0 Å². The van der Waals surface area contributed by atoms with Crippen LogP contribution in [0.2, 0.25) is 0 Å². The maximum Gasteiger partial charge on any atom is 0.339 e. The highest BCUT2D eigenvalue weighted by Gasteiger charge is 2.38. The number of sulfonamides is 1. The van der Waals surface area contributed by atoms with E-state index in [1.165, 1.54) is 16.4 Å². The van der Waals surface area contributed by atoms with Crippen LogP contribution in [0.25, 0.3) is 0 Å². The van der Waals surface area contributed by atoms with Crippen LogP contribution in [0, 0.1) is 5.82 Å². The Morgan fingerprint density at radius 1 is 0.839 bits per heavy atom. The zero-order chi connectivity index (χ0) is 22.1. The molecule has 1 fully saturated rings. The number of halogens is 1. The van der Waals surface area contributed by atoms with Gasteiger partial charge in [0.25, 0.3) is 0 Å². The van der Waals surface area contributed by atoms with Crippen molar-refractivity contribution in [3.8, 4) is 5.75 Å². The van der Waals surface area contributed by atoms with E-state index in [2.05, 4.69) is 0 Å². The largest absolute Gasteiger partial charge is 0.379 e. The Hall–Kier alpha value is -2.75. The van der Waals surface area contributed by atoms with Gasteiger partial charge in [-0.25, -0.2) is 12.8 Å². The Bertz CT molecular complexity index is 1270. The van der Waals surface area contributed by atoms with E-state index >= 15 is 0 Å². The van der Waals surface area contributed by atoms with Crippen LogP contribution in [0.3, 0.4) is 0 Å². The van der Waals surface area contributed by atoms with Gasteiger partial charge in [0.05, 0.1) is 4.90 Å². The fourth-order valence-corrected chi connectivity index (χ4v) is 5.77. The highest BCUT2D eigenvalue weighted by molar-refractivity contribution is 7.89. The van der Waals surface area contributed by atoms with E-state index < -0.39 is 26.0 Å². The third kappa shape index (κ3) is 4.95. The molecule has 0 spiro atoms. The first kappa shape index (κ1) is 21.5. The van der Waals surface area contributed by atoms with Crippen molar-refractivity contribution in [3.05, 3.63) is 90.2 Å². The van der Waals surface area contributed by atoms with Crippen molar-refractivity contribution in [2.75, 3.05) is 0 Å². The molecule has 162 valence electrons. The lowest BCUT2D eigenvalue weighted by molar-refractivity contribution is 0.398. The van der Waals surface area contributed by atoms with Crippen LogP contribution >= 0.6 is 0 Å². The summed E-state index contributed by atoms with van der Waals surface area (Å²) in [6.07, 6.45) is 1.56.